The molecule has 0 aliphatic carbocycles. The van der Waals surface area contributed by atoms with Crippen molar-refractivity contribution in [2.24, 2.45) is 0 Å². The minimum Gasteiger partial charge on any atom is -0.353 e. The van der Waals surface area contributed by atoms with Crippen LogP contribution in [0, 0.1) is 0 Å². The molecule has 0 saturated carbocycles. The van der Waals surface area contributed by atoms with E-state index in [1.807, 2.05) is 0 Å². The molecule has 1 rings (SSSR count). The molecule has 1 aliphatic rings. The van der Waals surface area contributed by atoms with Gasteiger partial charge in [-0.3, -0.25) is 4.79 Å². The summed E-state index contributed by atoms with van der Waals surface area (Å²) in [5, 5.41) is 3.15. The molecule has 15 heavy (non-hydrogen) atoms. The first-order valence-electron chi connectivity index (χ1n) is 6.33. The molecule has 0 unspecified atom stereocenters. The quantitative estimate of drug-likeness (QED) is 0.635. The molecule has 0 radical (unpaired) electrons. The number of piperidine rings is 1. The van der Waals surface area contributed by atoms with Crippen LogP contribution in [0.25, 0.3) is 0 Å². The number of carbonyl (C=O) groups is 1. The van der Waals surface area contributed by atoms with Crippen LogP contribution in [0.5, 0.6) is 0 Å². The summed E-state index contributed by atoms with van der Waals surface area (Å²) in [6.07, 6.45) is 6.40. The topological polar surface area (TPSA) is 33.5 Å². The molecule has 2 N–H and O–H groups in total. The van der Waals surface area contributed by atoms with Gasteiger partial charge in [0.2, 0.25) is 5.91 Å². The fourth-order valence-electron chi connectivity index (χ4n) is 2.09. The van der Waals surface area contributed by atoms with Crippen molar-refractivity contribution in [2.45, 2.75) is 51.5 Å². The second kappa shape index (κ2) is 6.83. The zero-order chi connectivity index (χ0) is 11.1. The van der Waals surface area contributed by atoms with Gasteiger partial charge in [-0.15, -0.1) is 0 Å². The third kappa shape index (κ3) is 5.17. The number of hydrogen-bond donors (Lipinski definition) is 2. The predicted molar refractivity (Wildman–Crippen MR) is 61.9 cm³/mol. The number of hydrogen-bond acceptors (Lipinski definition) is 1. The van der Waals surface area contributed by atoms with E-state index in [0.29, 0.717) is 12.5 Å². The number of amides is 1. The zero-order valence-electron chi connectivity index (χ0n) is 10.1. The van der Waals surface area contributed by atoms with E-state index in [-0.39, 0.29) is 5.91 Å². The van der Waals surface area contributed by atoms with Crippen molar-refractivity contribution < 1.29 is 9.69 Å². The van der Waals surface area contributed by atoms with Crippen molar-refractivity contribution in [3.05, 3.63) is 0 Å². The van der Waals surface area contributed by atoms with Gasteiger partial charge in [0.25, 0.3) is 0 Å². The van der Waals surface area contributed by atoms with Gasteiger partial charge in [0, 0.05) is 25.3 Å². The summed E-state index contributed by atoms with van der Waals surface area (Å²) < 4.78 is 0. The second-order valence-electron chi connectivity index (χ2n) is 4.76. The Kier molecular flexibility index (Phi) is 5.69. The molecule has 3 heteroatoms. The average molecular weight is 213 g/mol. The summed E-state index contributed by atoms with van der Waals surface area (Å²) in [5.74, 6) is 0.257. The summed E-state index contributed by atoms with van der Waals surface area (Å²) in [7, 11) is 2.22. The fraction of sp³-hybridized carbons (Fsp3) is 0.917. The van der Waals surface area contributed by atoms with Gasteiger partial charge in [0.1, 0.15) is 0 Å². The maximum Gasteiger partial charge on any atom is 0.220 e. The number of unbranched alkanes of at least 4 members (excludes halogenated alkanes) is 2. The van der Waals surface area contributed by atoms with Crippen LogP contribution in [0.2, 0.25) is 0 Å². The molecular weight excluding hydrogens is 188 g/mol. The molecule has 88 valence electrons. The first-order valence-corrected chi connectivity index (χ1v) is 6.33. The monoisotopic (exact) mass is 213 g/mol. The number of likely N-dealkylation sites (tertiary alicyclic amines) is 1. The Balaban J connectivity index is 2.09. The average Bonchev–Trinajstić information content (AvgIpc) is 2.22. The van der Waals surface area contributed by atoms with Gasteiger partial charge in [-0.25, -0.2) is 0 Å². The first kappa shape index (κ1) is 12.5. The van der Waals surface area contributed by atoms with E-state index in [1.165, 1.54) is 25.9 Å². The molecule has 1 aliphatic heterocycles. The van der Waals surface area contributed by atoms with Crippen LogP contribution in [0.4, 0.5) is 0 Å². The van der Waals surface area contributed by atoms with Gasteiger partial charge in [-0.2, -0.15) is 0 Å². The summed E-state index contributed by atoms with van der Waals surface area (Å²) in [4.78, 5) is 13.1. The standard InChI is InChI=1S/C12H24N2O/c1-3-4-5-6-12(15)13-11-7-9-14(2)10-8-11/h11H,3-10H2,1-2H3,(H,13,15)/p+1. The second-order valence-corrected chi connectivity index (χ2v) is 4.76. The van der Waals surface area contributed by atoms with E-state index in [0.717, 1.165) is 19.3 Å². The zero-order valence-corrected chi connectivity index (χ0v) is 10.1. The van der Waals surface area contributed by atoms with E-state index < -0.39 is 0 Å². The van der Waals surface area contributed by atoms with Crippen molar-refractivity contribution >= 4 is 5.91 Å². The van der Waals surface area contributed by atoms with Crippen LogP contribution in [-0.2, 0) is 4.79 Å². The highest BCUT2D eigenvalue weighted by atomic mass is 16.1. The Morgan fingerprint density at radius 3 is 2.60 bits per heavy atom. The van der Waals surface area contributed by atoms with Gasteiger partial charge in [0.05, 0.1) is 20.1 Å². The number of carbonyl (C=O) groups excluding carboxylic acids is 1. The minimum atomic E-state index is 0.257. The molecule has 0 bridgehead atoms. The van der Waals surface area contributed by atoms with Crippen molar-refractivity contribution in [1.82, 2.24) is 5.32 Å². The Morgan fingerprint density at radius 2 is 2.00 bits per heavy atom. The van der Waals surface area contributed by atoms with Crippen molar-refractivity contribution in [3.63, 3.8) is 0 Å². The molecule has 0 aromatic carbocycles. The van der Waals surface area contributed by atoms with E-state index in [2.05, 4.69) is 19.3 Å². The highest BCUT2D eigenvalue weighted by molar-refractivity contribution is 5.76. The highest BCUT2D eigenvalue weighted by Crippen LogP contribution is 2.02. The Morgan fingerprint density at radius 1 is 1.33 bits per heavy atom. The third-order valence-electron chi connectivity index (χ3n) is 3.21. The van der Waals surface area contributed by atoms with Crippen LogP contribution in [0.3, 0.4) is 0 Å². The van der Waals surface area contributed by atoms with E-state index in [1.54, 1.807) is 4.90 Å². The predicted octanol–water partition coefficient (Wildman–Crippen LogP) is 0.360. The molecule has 1 amide bonds. The lowest BCUT2D eigenvalue weighted by Gasteiger charge is -2.27. The van der Waals surface area contributed by atoms with Gasteiger partial charge < -0.3 is 10.2 Å². The van der Waals surface area contributed by atoms with E-state index in [9.17, 15) is 4.79 Å². The SMILES string of the molecule is CCCCCC(=O)NC1CC[NH+](C)CC1. The Bertz CT molecular complexity index is 186. The smallest absolute Gasteiger partial charge is 0.220 e. The number of nitrogens with one attached hydrogen (secondary N) is 2. The van der Waals surface area contributed by atoms with Crippen molar-refractivity contribution in [2.75, 3.05) is 20.1 Å². The largest absolute Gasteiger partial charge is 0.353 e. The number of quaternary nitrogens is 1. The fourth-order valence-corrected chi connectivity index (χ4v) is 2.09. The van der Waals surface area contributed by atoms with Crippen LogP contribution in [-0.4, -0.2) is 32.1 Å². The lowest BCUT2D eigenvalue weighted by molar-refractivity contribution is -0.884. The molecule has 1 saturated heterocycles. The van der Waals surface area contributed by atoms with Gasteiger partial charge in [-0.1, -0.05) is 19.8 Å². The first-order chi connectivity index (χ1) is 7.22. The molecular formula is C12H25N2O+. The van der Waals surface area contributed by atoms with Crippen LogP contribution in [0.15, 0.2) is 0 Å². The Labute approximate surface area is 93.2 Å². The van der Waals surface area contributed by atoms with Crippen LogP contribution in [0.1, 0.15) is 45.4 Å². The lowest BCUT2D eigenvalue weighted by atomic mass is 10.1. The molecule has 1 heterocycles. The summed E-state index contributed by atoms with van der Waals surface area (Å²) >= 11 is 0. The maximum absolute atomic E-state index is 11.5. The molecule has 0 atom stereocenters. The van der Waals surface area contributed by atoms with E-state index >= 15 is 0 Å². The van der Waals surface area contributed by atoms with Crippen LogP contribution >= 0.6 is 0 Å². The maximum atomic E-state index is 11.5. The summed E-state index contributed by atoms with van der Waals surface area (Å²) in [6, 6.07) is 0.447. The minimum absolute atomic E-state index is 0.257. The lowest BCUT2D eigenvalue weighted by Crippen LogP contribution is -3.10. The van der Waals surface area contributed by atoms with Gasteiger partial charge >= 0.3 is 0 Å². The van der Waals surface area contributed by atoms with Crippen LogP contribution < -0.4 is 10.2 Å². The van der Waals surface area contributed by atoms with Gasteiger partial charge in [-0.05, 0) is 6.42 Å². The van der Waals surface area contributed by atoms with E-state index in [4.69, 9.17) is 0 Å². The highest BCUT2D eigenvalue weighted by Gasteiger charge is 2.20. The molecule has 3 nitrogen and oxygen atoms in total. The Hall–Kier alpha value is -0.570. The number of rotatable bonds is 5. The molecule has 0 aromatic heterocycles. The molecule has 0 aromatic rings. The molecule has 1 fully saturated rings. The summed E-state index contributed by atoms with van der Waals surface area (Å²) in [6.45, 7) is 4.55. The van der Waals surface area contributed by atoms with Crippen molar-refractivity contribution in [1.29, 1.82) is 0 Å². The van der Waals surface area contributed by atoms with Crippen molar-refractivity contribution in [3.8, 4) is 0 Å². The normalized spacial score (nSPS) is 26.3. The van der Waals surface area contributed by atoms with Gasteiger partial charge in [0.15, 0.2) is 0 Å². The summed E-state index contributed by atoms with van der Waals surface area (Å²) in [5.41, 5.74) is 0. The third-order valence-corrected chi connectivity index (χ3v) is 3.21. The molecule has 0 spiro atoms.